The highest BCUT2D eigenvalue weighted by Gasteiger charge is 2.12. The zero-order chi connectivity index (χ0) is 13.8. The van der Waals surface area contributed by atoms with Crippen LogP contribution in [0.5, 0.6) is 5.75 Å². The number of carbonyl (C=O) groups excluding carboxylic acids is 1. The normalized spacial score (nSPS) is 10.2. The first-order valence-corrected chi connectivity index (χ1v) is 6.07. The van der Waals surface area contributed by atoms with Gasteiger partial charge in [0.1, 0.15) is 5.75 Å². The second-order valence-corrected chi connectivity index (χ2v) is 4.41. The fourth-order valence-corrected chi connectivity index (χ4v) is 1.83. The minimum Gasteiger partial charge on any atom is -0.505 e. The predicted molar refractivity (Wildman–Crippen MR) is 73.0 cm³/mol. The maximum Gasteiger partial charge on any atom is 0.273 e. The number of nitrogens with one attached hydrogen (secondary N) is 1. The molecule has 4 nitrogen and oxygen atoms in total. The highest BCUT2D eigenvalue weighted by molar-refractivity contribution is 5.94. The summed E-state index contributed by atoms with van der Waals surface area (Å²) in [6.45, 7) is 4.47. The molecular formula is C15H16N2O2. The molecule has 0 atom stereocenters. The van der Waals surface area contributed by atoms with Crippen molar-refractivity contribution in [2.24, 2.45) is 0 Å². The van der Waals surface area contributed by atoms with E-state index in [-0.39, 0.29) is 17.4 Å². The first-order chi connectivity index (χ1) is 9.09. The van der Waals surface area contributed by atoms with E-state index in [1.807, 2.05) is 32.0 Å². The zero-order valence-corrected chi connectivity index (χ0v) is 11.0. The van der Waals surface area contributed by atoms with E-state index < -0.39 is 0 Å². The van der Waals surface area contributed by atoms with Gasteiger partial charge in [0, 0.05) is 12.7 Å². The average Bonchev–Trinajstić information content (AvgIpc) is 2.40. The van der Waals surface area contributed by atoms with E-state index in [1.165, 1.54) is 17.8 Å². The Morgan fingerprint density at radius 1 is 1.26 bits per heavy atom. The van der Waals surface area contributed by atoms with Gasteiger partial charge in [-0.25, -0.2) is 4.98 Å². The smallest absolute Gasteiger partial charge is 0.273 e. The van der Waals surface area contributed by atoms with E-state index in [0.29, 0.717) is 6.54 Å². The van der Waals surface area contributed by atoms with Crippen molar-refractivity contribution < 1.29 is 9.90 Å². The number of aryl methyl sites for hydroxylation is 1. The van der Waals surface area contributed by atoms with Gasteiger partial charge in [-0.2, -0.15) is 0 Å². The quantitative estimate of drug-likeness (QED) is 0.886. The lowest BCUT2D eigenvalue weighted by Crippen LogP contribution is -2.24. The lowest BCUT2D eigenvalue weighted by molar-refractivity contribution is 0.0943. The molecule has 1 heterocycles. The van der Waals surface area contributed by atoms with Crippen molar-refractivity contribution in [3.63, 3.8) is 0 Å². The zero-order valence-electron chi connectivity index (χ0n) is 11.0. The number of hydrogen-bond donors (Lipinski definition) is 2. The number of benzene rings is 1. The van der Waals surface area contributed by atoms with E-state index >= 15 is 0 Å². The SMILES string of the molecule is Cc1cccc(CNC(=O)c2ncccc2O)c1C. The van der Waals surface area contributed by atoms with Gasteiger partial charge in [0.25, 0.3) is 5.91 Å². The first kappa shape index (κ1) is 13.1. The number of hydrogen-bond acceptors (Lipinski definition) is 3. The van der Waals surface area contributed by atoms with Crippen molar-refractivity contribution in [1.29, 1.82) is 0 Å². The maximum absolute atomic E-state index is 11.9. The highest BCUT2D eigenvalue weighted by atomic mass is 16.3. The number of rotatable bonds is 3. The average molecular weight is 256 g/mol. The number of carbonyl (C=O) groups is 1. The monoisotopic (exact) mass is 256 g/mol. The third-order valence-electron chi connectivity index (χ3n) is 3.16. The largest absolute Gasteiger partial charge is 0.505 e. The summed E-state index contributed by atoms with van der Waals surface area (Å²) < 4.78 is 0. The molecule has 2 N–H and O–H groups in total. The summed E-state index contributed by atoms with van der Waals surface area (Å²) in [5.74, 6) is -0.486. The van der Waals surface area contributed by atoms with Crippen molar-refractivity contribution in [2.45, 2.75) is 20.4 Å². The fourth-order valence-electron chi connectivity index (χ4n) is 1.83. The van der Waals surface area contributed by atoms with Crippen LogP contribution in [0.4, 0.5) is 0 Å². The van der Waals surface area contributed by atoms with Crippen LogP contribution in [0.25, 0.3) is 0 Å². The van der Waals surface area contributed by atoms with Crippen LogP contribution < -0.4 is 5.32 Å². The molecule has 0 bridgehead atoms. The molecule has 0 unspecified atom stereocenters. The Balaban J connectivity index is 2.09. The molecule has 1 aromatic carbocycles. The van der Waals surface area contributed by atoms with Gasteiger partial charge in [-0.15, -0.1) is 0 Å². The lowest BCUT2D eigenvalue weighted by atomic mass is 10.0. The number of aromatic hydroxyl groups is 1. The Hall–Kier alpha value is -2.36. The summed E-state index contributed by atoms with van der Waals surface area (Å²) in [5.41, 5.74) is 3.46. The number of pyridine rings is 1. The van der Waals surface area contributed by atoms with Crippen molar-refractivity contribution in [2.75, 3.05) is 0 Å². The van der Waals surface area contributed by atoms with Crippen LogP contribution >= 0.6 is 0 Å². The third kappa shape index (κ3) is 2.91. The van der Waals surface area contributed by atoms with Crippen LogP contribution in [0.15, 0.2) is 36.5 Å². The van der Waals surface area contributed by atoms with Crippen LogP contribution in [0.3, 0.4) is 0 Å². The summed E-state index contributed by atoms with van der Waals surface area (Å²) >= 11 is 0. The molecular weight excluding hydrogens is 240 g/mol. The van der Waals surface area contributed by atoms with Gasteiger partial charge in [-0.1, -0.05) is 18.2 Å². The summed E-state index contributed by atoms with van der Waals surface area (Å²) in [4.78, 5) is 15.8. The topological polar surface area (TPSA) is 62.2 Å². The summed E-state index contributed by atoms with van der Waals surface area (Å²) in [5, 5.41) is 12.3. The van der Waals surface area contributed by atoms with Crippen LogP contribution in [0.1, 0.15) is 27.2 Å². The van der Waals surface area contributed by atoms with E-state index in [2.05, 4.69) is 10.3 Å². The van der Waals surface area contributed by atoms with Gasteiger partial charge in [0.2, 0.25) is 0 Å². The number of amides is 1. The molecule has 0 aliphatic carbocycles. The van der Waals surface area contributed by atoms with Crippen LogP contribution in [0.2, 0.25) is 0 Å². The van der Waals surface area contributed by atoms with Crippen LogP contribution in [-0.4, -0.2) is 16.0 Å². The summed E-state index contributed by atoms with van der Waals surface area (Å²) in [6.07, 6.45) is 1.48. The molecule has 4 heteroatoms. The van der Waals surface area contributed by atoms with Gasteiger partial charge in [-0.05, 0) is 42.7 Å². The lowest BCUT2D eigenvalue weighted by Gasteiger charge is -2.10. The predicted octanol–water partition coefficient (Wildman–Crippen LogP) is 2.33. The molecule has 2 aromatic rings. The minimum atomic E-state index is -0.376. The molecule has 1 amide bonds. The Morgan fingerprint density at radius 2 is 2.05 bits per heavy atom. The Morgan fingerprint density at radius 3 is 2.79 bits per heavy atom. The molecule has 2 rings (SSSR count). The summed E-state index contributed by atoms with van der Waals surface area (Å²) in [6, 6.07) is 8.99. The molecule has 0 fully saturated rings. The van der Waals surface area contributed by atoms with Crippen molar-refractivity contribution in [1.82, 2.24) is 10.3 Å². The molecule has 0 aliphatic heterocycles. The first-order valence-electron chi connectivity index (χ1n) is 6.07. The summed E-state index contributed by atoms with van der Waals surface area (Å²) in [7, 11) is 0. The van der Waals surface area contributed by atoms with Gasteiger partial charge in [-0.3, -0.25) is 4.79 Å². The van der Waals surface area contributed by atoms with Gasteiger partial charge >= 0.3 is 0 Å². The number of aromatic nitrogens is 1. The fraction of sp³-hybridized carbons (Fsp3) is 0.200. The van der Waals surface area contributed by atoms with E-state index in [9.17, 15) is 9.90 Å². The van der Waals surface area contributed by atoms with Gasteiger partial charge < -0.3 is 10.4 Å². The Labute approximate surface area is 112 Å². The second kappa shape index (κ2) is 5.52. The van der Waals surface area contributed by atoms with E-state index in [4.69, 9.17) is 0 Å². The van der Waals surface area contributed by atoms with Crippen molar-refractivity contribution >= 4 is 5.91 Å². The molecule has 19 heavy (non-hydrogen) atoms. The molecule has 0 spiro atoms. The maximum atomic E-state index is 11.9. The molecule has 0 aliphatic rings. The molecule has 0 saturated carbocycles. The Kier molecular flexibility index (Phi) is 3.80. The third-order valence-corrected chi connectivity index (χ3v) is 3.16. The molecule has 0 saturated heterocycles. The standard InChI is InChI=1S/C15H16N2O2/c1-10-5-3-6-12(11(10)2)9-17-15(19)14-13(18)7-4-8-16-14/h3-8,18H,9H2,1-2H3,(H,17,19). The molecule has 0 radical (unpaired) electrons. The van der Waals surface area contributed by atoms with Crippen LogP contribution in [-0.2, 0) is 6.54 Å². The molecule has 98 valence electrons. The van der Waals surface area contributed by atoms with Gasteiger partial charge in [0.15, 0.2) is 5.69 Å². The van der Waals surface area contributed by atoms with Crippen molar-refractivity contribution in [3.8, 4) is 5.75 Å². The van der Waals surface area contributed by atoms with Crippen LogP contribution in [0, 0.1) is 13.8 Å². The van der Waals surface area contributed by atoms with E-state index in [0.717, 1.165) is 11.1 Å². The Bertz CT molecular complexity index is 609. The van der Waals surface area contributed by atoms with E-state index in [1.54, 1.807) is 6.07 Å². The number of nitrogens with zero attached hydrogens (tertiary/aromatic N) is 1. The minimum absolute atomic E-state index is 0.0489. The van der Waals surface area contributed by atoms with Crippen molar-refractivity contribution in [3.05, 3.63) is 58.9 Å². The molecule has 1 aromatic heterocycles. The van der Waals surface area contributed by atoms with Gasteiger partial charge in [0.05, 0.1) is 0 Å². The second-order valence-electron chi connectivity index (χ2n) is 4.41. The highest BCUT2D eigenvalue weighted by Crippen LogP contribution is 2.14.